The maximum Gasteiger partial charge on any atom is 0.343 e. The standard InChI is InChI=1S/C13H18N2O2.CH6N4O/c1-16-12-7-6-10(9-15-14)8-13(12)17-11-4-2-3-5-11;2-4-1(6)5-3/h6-9,11H,2-5,14H2,1H3;2-3H2,(H2,4,5,6)/b15-9+;. The number of hydrogen-bond acceptors (Lipinski definition) is 7. The predicted octanol–water partition coefficient (Wildman–Crippen LogP) is 0.342. The first-order valence-corrected chi connectivity index (χ1v) is 7.19. The summed E-state index contributed by atoms with van der Waals surface area (Å²) in [5, 5.41) is 3.51. The number of nitrogens with one attached hydrogen (secondary N) is 2. The first-order chi connectivity index (χ1) is 11.1. The van der Waals surface area contributed by atoms with E-state index in [2.05, 4.69) is 16.8 Å². The first-order valence-electron chi connectivity index (χ1n) is 7.19. The van der Waals surface area contributed by atoms with E-state index in [9.17, 15) is 4.79 Å². The van der Waals surface area contributed by atoms with E-state index in [1.54, 1.807) is 24.2 Å². The van der Waals surface area contributed by atoms with Crippen molar-refractivity contribution < 1.29 is 14.3 Å². The van der Waals surface area contributed by atoms with Gasteiger partial charge in [-0.2, -0.15) is 5.10 Å². The first kappa shape index (κ1) is 18.5. The van der Waals surface area contributed by atoms with Crippen LogP contribution in [-0.2, 0) is 0 Å². The average Bonchev–Trinajstić information content (AvgIpc) is 3.08. The maximum absolute atomic E-state index is 9.71. The van der Waals surface area contributed by atoms with Gasteiger partial charge in [-0.1, -0.05) is 0 Å². The molecule has 1 aromatic carbocycles. The highest BCUT2D eigenvalue weighted by atomic mass is 16.5. The highest BCUT2D eigenvalue weighted by Gasteiger charge is 2.18. The number of amides is 2. The van der Waals surface area contributed by atoms with E-state index >= 15 is 0 Å². The third-order valence-corrected chi connectivity index (χ3v) is 3.27. The van der Waals surface area contributed by atoms with E-state index in [1.165, 1.54) is 12.8 Å². The zero-order chi connectivity index (χ0) is 17.1. The predicted molar refractivity (Wildman–Crippen MR) is 87.7 cm³/mol. The summed E-state index contributed by atoms with van der Waals surface area (Å²) >= 11 is 0. The maximum atomic E-state index is 9.71. The lowest BCUT2D eigenvalue weighted by atomic mass is 10.2. The number of nitrogens with two attached hydrogens (primary N) is 3. The van der Waals surface area contributed by atoms with Gasteiger partial charge in [0, 0.05) is 0 Å². The number of rotatable bonds is 4. The van der Waals surface area contributed by atoms with Crippen LogP contribution in [0, 0.1) is 0 Å². The molecule has 0 aromatic heterocycles. The Morgan fingerprint density at radius 3 is 2.39 bits per heavy atom. The molecule has 0 radical (unpaired) electrons. The lowest BCUT2D eigenvalue weighted by Gasteiger charge is -2.16. The molecule has 0 heterocycles. The van der Waals surface area contributed by atoms with Crippen molar-refractivity contribution in [1.82, 2.24) is 10.9 Å². The molecule has 1 saturated carbocycles. The number of carbonyl (C=O) groups is 1. The van der Waals surface area contributed by atoms with Crippen molar-refractivity contribution in [2.45, 2.75) is 31.8 Å². The molecular weight excluding hydrogens is 300 g/mol. The normalized spacial score (nSPS) is 14.0. The summed E-state index contributed by atoms with van der Waals surface area (Å²) in [5.41, 5.74) is 4.40. The van der Waals surface area contributed by atoms with Crippen LogP contribution in [0.15, 0.2) is 23.3 Å². The fourth-order valence-electron chi connectivity index (χ4n) is 2.18. The van der Waals surface area contributed by atoms with Gasteiger partial charge in [-0.3, -0.25) is 10.9 Å². The number of benzene rings is 1. The van der Waals surface area contributed by atoms with Gasteiger partial charge < -0.3 is 15.3 Å². The fourth-order valence-corrected chi connectivity index (χ4v) is 2.18. The molecule has 2 amide bonds. The molecule has 1 fully saturated rings. The highest BCUT2D eigenvalue weighted by Crippen LogP contribution is 2.32. The molecule has 9 nitrogen and oxygen atoms in total. The van der Waals surface area contributed by atoms with Crippen LogP contribution in [-0.4, -0.2) is 25.5 Å². The Morgan fingerprint density at radius 2 is 1.91 bits per heavy atom. The summed E-state index contributed by atoms with van der Waals surface area (Å²) in [6.45, 7) is 0. The summed E-state index contributed by atoms with van der Waals surface area (Å²) in [4.78, 5) is 9.71. The van der Waals surface area contributed by atoms with Gasteiger partial charge in [0.15, 0.2) is 11.5 Å². The quantitative estimate of drug-likeness (QED) is 0.233. The third-order valence-electron chi connectivity index (χ3n) is 3.27. The SMILES string of the molecule is COc1ccc(/C=N/N)cc1OC1CCCC1.NNC(=O)NN. The molecule has 0 atom stereocenters. The van der Waals surface area contributed by atoms with Crippen LogP contribution in [0.25, 0.3) is 0 Å². The Hall–Kier alpha value is -2.52. The van der Waals surface area contributed by atoms with Crippen LogP contribution >= 0.6 is 0 Å². The molecule has 1 aliphatic carbocycles. The molecule has 1 aromatic rings. The number of ether oxygens (including phenoxy) is 2. The summed E-state index contributed by atoms with van der Waals surface area (Å²) in [5.74, 6) is 15.8. The monoisotopic (exact) mass is 324 g/mol. The average molecular weight is 324 g/mol. The molecule has 0 bridgehead atoms. The van der Waals surface area contributed by atoms with Gasteiger partial charge in [-0.05, 0) is 49.4 Å². The second kappa shape index (κ2) is 10.2. The molecule has 8 N–H and O–H groups in total. The van der Waals surface area contributed by atoms with Crippen molar-refractivity contribution in [2.24, 2.45) is 22.6 Å². The van der Waals surface area contributed by atoms with E-state index < -0.39 is 6.03 Å². The number of urea groups is 1. The molecule has 128 valence electrons. The minimum absolute atomic E-state index is 0.314. The Morgan fingerprint density at radius 1 is 1.26 bits per heavy atom. The molecule has 0 spiro atoms. The van der Waals surface area contributed by atoms with Gasteiger partial charge >= 0.3 is 6.03 Å². The highest BCUT2D eigenvalue weighted by molar-refractivity contribution is 5.80. The van der Waals surface area contributed by atoms with Gasteiger partial charge in [-0.25, -0.2) is 16.5 Å². The van der Waals surface area contributed by atoms with Gasteiger partial charge in [0.2, 0.25) is 0 Å². The van der Waals surface area contributed by atoms with E-state index in [0.29, 0.717) is 6.10 Å². The van der Waals surface area contributed by atoms with E-state index in [0.717, 1.165) is 29.9 Å². The number of methoxy groups -OCH3 is 1. The summed E-state index contributed by atoms with van der Waals surface area (Å²) in [7, 11) is 1.65. The molecule has 0 unspecified atom stereocenters. The van der Waals surface area contributed by atoms with Crippen molar-refractivity contribution in [3.8, 4) is 11.5 Å². The minimum atomic E-state index is -0.602. The van der Waals surface area contributed by atoms with Crippen LogP contribution < -0.4 is 37.9 Å². The number of nitrogens with zero attached hydrogens (tertiary/aromatic N) is 1. The van der Waals surface area contributed by atoms with E-state index in [4.69, 9.17) is 15.3 Å². The van der Waals surface area contributed by atoms with Gasteiger partial charge in [0.05, 0.1) is 19.4 Å². The van der Waals surface area contributed by atoms with E-state index in [-0.39, 0.29) is 0 Å². The van der Waals surface area contributed by atoms with E-state index in [1.807, 2.05) is 18.2 Å². The zero-order valence-electron chi connectivity index (χ0n) is 13.1. The second-order valence-electron chi connectivity index (χ2n) is 4.83. The zero-order valence-corrected chi connectivity index (χ0v) is 13.1. The number of carbonyl (C=O) groups excluding carboxylic acids is 1. The fraction of sp³-hybridized carbons (Fsp3) is 0.429. The smallest absolute Gasteiger partial charge is 0.343 e. The lowest BCUT2D eigenvalue weighted by Crippen LogP contribution is -2.43. The van der Waals surface area contributed by atoms with Crippen LogP contribution in [0.4, 0.5) is 4.79 Å². The molecule has 23 heavy (non-hydrogen) atoms. The van der Waals surface area contributed by atoms with Crippen molar-refractivity contribution >= 4 is 12.2 Å². The van der Waals surface area contributed by atoms with Crippen LogP contribution in [0.2, 0.25) is 0 Å². The van der Waals surface area contributed by atoms with Crippen molar-refractivity contribution in [3.63, 3.8) is 0 Å². The Bertz CT molecular complexity index is 511. The molecule has 2 rings (SSSR count). The molecule has 9 heteroatoms. The summed E-state index contributed by atoms with van der Waals surface area (Å²) in [6.07, 6.45) is 6.65. The van der Waals surface area contributed by atoms with Gasteiger partial charge in [0.25, 0.3) is 0 Å². The van der Waals surface area contributed by atoms with Crippen LogP contribution in [0.5, 0.6) is 11.5 Å². The summed E-state index contributed by atoms with van der Waals surface area (Å²) < 4.78 is 11.2. The molecule has 0 aliphatic heterocycles. The van der Waals surface area contributed by atoms with Gasteiger partial charge in [0.1, 0.15) is 0 Å². The van der Waals surface area contributed by atoms with Crippen molar-refractivity contribution in [1.29, 1.82) is 0 Å². The molecule has 1 aliphatic rings. The number of hydrazine groups is 2. The Kier molecular flexibility index (Phi) is 8.25. The summed E-state index contributed by atoms with van der Waals surface area (Å²) in [6, 6.07) is 5.08. The number of hydrazone groups is 1. The molecular formula is C14H24N6O3. The Labute approximate surface area is 135 Å². The molecule has 0 saturated heterocycles. The van der Waals surface area contributed by atoms with Crippen LogP contribution in [0.1, 0.15) is 31.2 Å². The van der Waals surface area contributed by atoms with Gasteiger partial charge in [-0.15, -0.1) is 0 Å². The minimum Gasteiger partial charge on any atom is -0.493 e. The largest absolute Gasteiger partial charge is 0.493 e. The second-order valence-corrected chi connectivity index (χ2v) is 4.83. The van der Waals surface area contributed by atoms with Crippen LogP contribution in [0.3, 0.4) is 0 Å². The topological polar surface area (TPSA) is 150 Å². The third kappa shape index (κ3) is 6.41. The van der Waals surface area contributed by atoms with Crippen molar-refractivity contribution in [2.75, 3.05) is 7.11 Å². The van der Waals surface area contributed by atoms with Crippen molar-refractivity contribution in [3.05, 3.63) is 23.8 Å². The Balaban J connectivity index is 0.000000379. The lowest BCUT2D eigenvalue weighted by molar-refractivity contribution is 0.201. The number of hydrogen-bond donors (Lipinski definition) is 5.